The van der Waals surface area contributed by atoms with Crippen LogP contribution in [0.1, 0.15) is 0 Å². The highest BCUT2D eigenvalue weighted by Crippen LogP contribution is 2.46. The number of hydrogen-bond acceptors (Lipinski definition) is 5. The van der Waals surface area contributed by atoms with Crippen LogP contribution in [0.25, 0.3) is 120 Å². The Morgan fingerprint density at radius 2 is 0.966 bits per heavy atom. The summed E-state index contributed by atoms with van der Waals surface area (Å²) in [5.41, 5.74) is 11.8. The van der Waals surface area contributed by atoms with Gasteiger partial charge in [-0.25, -0.2) is 15.0 Å². The molecule has 0 amide bonds. The SMILES string of the molecule is c1ccc(-c2cc(-c3ccc(-c4cccc5c4sc4c5ccc5c(-c6ccccc6)nc6ccccc6c54)cc3)nc(-c3cccc4c3oc3ccccc34)n2)cc1. The molecule has 0 spiro atoms. The van der Waals surface area contributed by atoms with Crippen molar-refractivity contribution in [2.45, 2.75) is 0 Å². The summed E-state index contributed by atoms with van der Waals surface area (Å²) in [5, 5.41) is 8.27. The predicted molar refractivity (Wildman–Crippen MR) is 242 cm³/mol. The van der Waals surface area contributed by atoms with Crippen LogP contribution in [0.3, 0.4) is 0 Å². The highest BCUT2D eigenvalue weighted by atomic mass is 32.1. The van der Waals surface area contributed by atoms with Crippen LogP contribution in [0.5, 0.6) is 0 Å². The van der Waals surface area contributed by atoms with Gasteiger partial charge in [0.1, 0.15) is 11.2 Å². The Bertz CT molecular complexity index is 3550. The maximum absolute atomic E-state index is 6.44. The van der Waals surface area contributed by atoms with Crippen LogP contribution in [0.2, 0.25) is 0 Å². The van der Waals surface area contributed by atoms with Gasteiger partial charge in [-0.2, -0.15) is 0 Å². The molecule has 0 saturated heterocycles. The second kappa shape index (κ2) is 13.1. The van der Waals surface area contributed by atoms with E-state index in [0.717, 1.165) is 72.4 Å². The van der Waals surface area contributed by atoms with Gasteiger partial charge in [-0.3, -0.25) is 0 Å². The van der Waals surface area contributed by atoms with Crippen LogP contribution in [0.15, 0.2) is 192 Å². The van der Waals surface area contributed by atoms with E-state index in [1.165, 1.54) is 41.9 Å². The van der Waals surface area contributed by atoms with Crippen molar-refractivity contribution < 1.29 is 4.42 Å². The lowest BCUT2D eigenvalue weighted by molar-refractivity contribution is 0.669. The quantitative estimate of drug-likeness (QED) is 0.164. The number of nitrogens with zero attached hydrogens (tertiary/aromatic N) is 3. The maximum atomic E-state index is 6.44. The first-order valence-electron chi connectivity index (χ1n) is 19.4. The number of fused-ring (bicyclic) bond motifs is 10. The van der Waals surface area contributed by atoms with E-state index in [1.807, 2.05) is 47.7 Å². The Balaban J connectivity index is 1.00. The number of rotatable bonds is 5. The van der Waals surface area contributed by atoms with Crippen molar-refractivity contribution in [2.24, 2.45) is 0 Å². The van der Waals surface area contributed by atoms with E-state index in [2.05, 4.69) is 152 Å². The standard InChI is InChI=1S/C53H31N3OS/c1-3-13-33(14-4-1)45-31-46(56-53(55-45)43-22-12-20-38-37-17-8-10-24-47(37)57-50(38)43)34-27-25-32(26-28-34)36-19-11-21-39-40-29-30-42-48(52(40)58-51(36)39)41-18-7-9-23-44(41)54-49(42)35-15-5-2-6-16-35/h1-31H. The molecule has 0 atom stereocenters. The van der Waals surface area contributed by atoms with Gasteiger partial charge in [0.05, 0.1) is 28.2 Å². The molecule has 0 aliphatic carbocycles. The van der Waals surface area contributed by atoms with Crippen LogP contribution in [0.4, 0.5) is 0 Å². The van der Waals surface area contributed by atoms with E-state index >= 15 is 0 Å². The molecule has 4 aromatic heterocycles. The summed E-state index contributed by atoms with van der Waals surface area (Å²) >= 11 is 1.88. The first kappa shape index (κ1) is 32.7. The molecule has 8 aromatic carbocycles. The molecular formula is C53H31N3OS. The number of thiophene rings is 1. The number of hydrogen-bond donors (Lipinski definition) is 0. The molecule has 0 radical (unpaired) electrons. The van der Waals surface area contributed by atoms with Crippen LogP contribution in [0, 0.1) is 0 Å². The molecule has 0 N–H and O–H groups in total. The minimum absolute atomic E-state index is 0.630. The van der Waals surface area contributed by atoms with E-state index in [1.54, 1.807) is 0 Å². The van der Waals surface area contributed by atoms with Crippen LogP contribution < -0.4 is 0 Å². The van der Waals surface area contributed by atoms with Crippen molar-refractivity contribution in [3.05, 3.63) is 188 Å². The molecule has 12 aromatic rings. The summed E-state index contributed by atoms with van der Waals surface area (Å²) in [6, 6.07) is 65.9. The second-order valence-electron chi connectivity index (χ2n) is 14.7. The lowest BCUT2D eigenvalue weighted by Crippen LogP contribution is -1.96. The number of furan rings is 1. The molecule has 12 rings (SSSR count). The van der Waals surface area contributed by atoms with E-state index in [0.29, 0.717) is 5.82 Å². The van der Waals surface area contributed by atoms with Gasteiger partial charge in [0.25, 0.3) is 0 Å². The lowest BCUT2D eigenvalue weighted by atomic mass is 9.97. The lowest BCUT2D eigenvalue weighted by Gasteiger charge is -2.11. The van der Waals surface area contributed by atoms with Crippen molar-refractivity contribution in [2.75, 3.05) is 0 Å². The summed E-state index contributed by atoms with van der Waals surface area (Å²) in [5.74, 6) is 0.630. The van der Waals surface area contributed by atoms with Crippen molar-refractivity contribution >= 4 is 75.1 Å². The van der Waals surface area contributed by atoms with Crippen LogP contribution in [-0.2, 0) is 0 Å². The zero-order valence-electron chi connectivity index (χ0n) is 31.1. The zero-order valence-corrected chi connectivity index (χ0v) is 31.9. The third kappa shape index (κ3) is 5.18. The Hall–Kier alpha value is -7.47. The molecule has 270 valence electrons. The predicted octanol–water partition coefficient (Wildman–Crippen LogP) is 14.8. The third-order valence-electron chi connectivity index (χ3n) is 11.3. The molecule has 0 bridgehead atoms. The van der Waals surface area contributed by atoms with Crippen molar-refractivity contribution in [1.29, 1.82) is 0 Å². The zero-order chi connectivity index (χ0) is 38.2. The van der Waals surface area contributed by atoms with Gasteiger partial charge in [0.15, 0.2) is 5.82 Å². The minimum atomic E-state index is 0.630. The molecule has 0 aliphatic rings. The van der Waals surface area contributed by atoms with Gasteiger partial charge in [0, 0.05) is 63.8 Å². The van der Waals surface area contributed by atoms with Crippen molar-refractivity contribution in [1.82, 2.24) is 15.0 Å². The summed E-state index contributed by atoms with van der Waals surface area (Å²) in [6.45, 7) is 0. The van der Waals surface area contributed by atoms with Gasteiger partial charge in [0.2, 0.25) is 0 Å². The van der Waals surface area contributed by atoms with Crippen molar-refractivity contribution in [3.63, 3.8) is 0 Å². The Morgan fingerprint density at radius 3 is 1.76 bits per heavy atom. The van der Waals surface area contributed by atoms with Gasteiger partial charge in [-0.15, -0.1) is 11.3 Å². The Kier molecular flexibility index (Phi) is 7.37. The largest absolute Gasteiger partial charge is 0.455 e. The van der Waals surface area contributed by atoms with E-state index in [4.69, 9.17) is 19.4 Å². The first-order valence-corrected chi connectivity index (χ1v) is 20.2. The Labute approximate surface area is 337 Å². The van der Waals surface area contributed by atoms with E-state index < -0.39 is 0 Å². The molecular weight excluding hydrogens is 727 g/mol. The summed E-state index contributed by atoms with van der Waals surface area (Å²) in [6.07, 6.45) is 0. The molecule has 0 fully saturated rings. The molecule has 5 heteroatoms. The first-order chi connectivity index (χ1) is 28.7. The number of aromatic nitrogens is 3. The second-order valence-corrected chi connectivity index (χ2v) is 15.7. The average molecular weight is 758 g/mol. The van der Waals surface area contributed by atoms with Gasteiger partial charge >= 0.3 is 0 Å². The summed E-state index contributed by atoms with van der Waals surface area (Å²) < 4.78 is 9.00. The number of benzene rings is 8. The maximum Gasteiger partial charge on any atom is 0.164 e. The fourth-order valence-corrected chi connectivity index (χ4v) is 9.95. The van der Waals surface area contributed by atoms with E-state index in [9.17, 15) is 0 Å². The topological polar surface area (TPSA) is 51.8 Å². The molecule has 0 aliphatic heterocycles. The monoisotopic (exact) mass is 757 g/mol. The normalized spacial score (nSPS) is 11.8. The molecule has 0 saturated carbocycles. The molecule has 58 heavy (non-hydrogen) atoms. The fraction of sp³-hybridized carbons (Fsp3) is 0. The van der Waals surface area contributed by atoms with Crippen LogP contribution >= 0.6 is 11.3 Å². The van der Waals surface area contributed by atoms with Gasteiger partial charge < -0.3 is 4.42 Å². The smallest absolute Gasteiger partial charge is 0.164 e. The van der Waals surface area contributed by atoms with Gasteiger partial charge in [-0.1, -0.05) is 164 Å². The average Bonchev–Trinajstić information content (AvgIpc) is 3.88. The summed E-state index contributed by atoms with van der Waals surface area (Å²) in [7, 11) is 0. The Morgan fingerprint density at radius 1 is 0.379 bits per heavy atom. The van der Waals surface area contributed by atoms with Gasteiger partial charge in [-0.05, 0) is 35.4 Å². The summed E-state index contributed by atoms with van der Waals surface area (Å²) in [4.78, 5) is 15.5. The van der Waals surface area contributed by atoms with Crippen LogP contribution in [-0.4, -0.2) is 15.0 Å². The highest BCUT2D eigenvalue weighted by molar-refractivity contribution is 7.27. The molecule has 4 nitrogen and oxygen atoms in total. The van der Waals surface area contributed by atoms with E-state index in [-0.39, 0.29) is 0 Å². The number of pyridine rings is 1. The van der Waals surface area contributed by atoms with Crippen molar-refractivity contribution in [3.8, 4) is 56.3 Å². The fourth-order valence-electron chi connectivity index (χ4n) is 8.55. The number of para-hydroxylation sites is 3. The third-order valence-corrected chi connectivity index (χ3v) is 12.6. The minimum Gasteiger partial charge on any atom is -0.455 e. The molecule has 4 heterocycles. The highest BCUT2D eigenvalue weighted by Gasteiger charge is 2.19. The molecule has 0 unspecified atom stereocenters.